The molecule has 0 unspecified atom stereocenters. The molecule has 6 atom stereocenters. The first-order valence-corrected chi connectivity index (χ1v) is 22.7. The Kier molecular flexibility index (Phi) is 14.9. The van der Waals surface area contributed by atoms with Gasteiger partial charge in [-0.3, -0.25) is 9.88 Å². The van der Waals surface area contributed by atoms with Crippen LogP contribution in [0.2, 0.25) is 0 Å². The predicted molar refractivity (Wildman–Crippen MR) is 246 cm³/mol. The quantitative estimate of drug-likeness (QED) is 0.0537. The van der Waals surface area contributed by atoms with Crippen molar-refractivity contribution in [3.05, 3.63) is 126 Å². The van der Waals surface area contributed by atoms with E-state index in [0.29, 0.717) is 30.9 Å². The monoisotopic (exact) mass is 859 g/mol. The lowest BCUT2D eigenvalue weighted by Gasteiger charge is -2.60. The summed E-state index contributed by atoms with van der Waals surface area (Å²) in [6.45, 7) is 14.8. The standard InChI is InChI=1S/C52H65N3O8/c1-7-29-61-52-47(55(50(58)59-8-2)33-38-21-16-20-36-18-9-10-23-41(36)38)32-45(54-63-51(4,5)6)43-30-37(19-11-13-27-56)42(24-12-14-28-57)48(49(43)52)44-31-40(25-26-46(44)62-52)60-34-39-22-15-17-35(3)53-39/h7,9-10,15-18,20-23,25-26,30-31,37,42,47-49,56-57H,1,8,11-14,19,24,27-29,32-34H2,2-6H3/t37-,42+,47-,48+,49+,52+/m0/s1. The van der Waals surface area contributed by atoms with Gasteiger partial charge in [-0.25, -0.2) is 4.79 Å². The number of oxime groups is 1. The molecule has 3 aliphatic rings. The third-order valence-corrected chi connectivity index (χ3v) is 12.5. The average molecular weight is 860 g/mol. The van der Waals surface area contributed by atoms with Crippen molar-refractivity contribution >= 4 is 22.6 Å². The number of rotatable bonds is 19. The van der Waals surface area contributed by atoms with Gasteiger partial charge in [0.25, 0.3) is 0 Å². The highest BCUT2D eigenvalue weighted by molar-refractivity contribution is 6.03. The van der Waals surface area contributed by atoms with Gasteiger partial charge < -0.3 is 34.0 Å². The predicted octanol–water partition coefficient (Wildman–Crippen LogP) is 10.2. The van der Waals surface area contributed by atoms with Gasteiger partial charge in [-0.2, -0.15) is 0 Å². The number of unbranched alkanes of at least 4 members (excludes halogenated alkanes) is 2. The van der Waals surface area contributed by atoms with Crippen molar-refractivity contribution in [2.24, 2.45) is 22.9 Å². The van der Waals surface area contributed by atoms with Crippen molar-refractivity contribution in [3.63, 3.8) is 0 Å². The molecule has 1 saturated carbocycles. The first-order valence-electron chi connectivity index (χ1n) is 22.7. The molecule has 1 aromatic heterocycles. The molecule has 3 aromatic carbocycles. The smallest absolute Gasteiger partial charge is 0.410 e. The second-order valence-corrected chi connectivity index (χ2v) is 18.0. The molecule has 1 aliphatic heterocycles. The number of allylic oxidation sites excluding steroid dienone is 1. The van der Waals surface area contributed by atoms with Gasteiger partial charge in [-0.05, 0) is 124 Å². The van der Waals surface area contributed by atoms with E-state index in [9.17, 15) is 15.0 Å². The summed E-state index contributed by atoms with van der Waals surface area (Å²) in [4.78, 5) is 27.5. The Hall–Kier alpha value is -5.23. The summed E-state index contributed by atoms with van der Waals surface area (Å²) in [5, 5.41) is 27.1. The molecule has 63 heavy (non-hydrogen) atoms. The SMILES string of the molecule is C=CCO[C@@]12Oc3ccc(OCc4cccc(C)n4)cc3[C@H]3[C@H](CCCCO)[C@@H](CCCCO)C=C(C(=NOC(C)(C)C)C[C@@H]1N(Cc1cccc4ccccc14)C(=O)OCC)[C@H]32. The van der Waals surface area contributed by atoms with Crippen LogP contribution in [0.5, 0.6) is 11.5 Å². The second kappa shape index (κ2) is 20.5. The van der Waals surface area contributed by atoms with E-state index in [2.05, 4.69) is 48.0 Å². The van der Waals surface area contributed by atoms with Crippen molar-refractivity contribution < 1.29 is 38.8 Å². The number of aromatic nitrogens is 1. The van der Waals surface area contributed by atoms with E-state index in [1.165, 1.54) is 0 Å². The Morgan fingerprint density at radius 1 is 1.00 bits per heavy atom. The van der Waals surface area contributed by atoms with Crippen LogP contribution in [-0.2, 0) is 27.5 Å². The Balaban J connectivity index is 1.46. The zero-order valence-corrected chi connectivity index (χ0v) is 37.6. The minimum atomic E-state index is -1.44. The number of fused-ring (bicyclic) bond motifs is 3. The summed E-state index contributed by atoms with van der Waals surface area (Å²) in [6, 6.07) is 25.5. The molecular formula is C52H65N3O8. The lowest BCUT2D eigenvalue weighted by atomic mass is 9.55. The Morgan fingerprint density at radius 3 is 2.51 bits per heavy atom. The van der Waals surface area contributed by atoms with Crippen molar-refractivity contribution in [2.75, 3.05) is 26.4 Å². The molecule has 1 fully saturated rings. The van der Waals surface area contributed by atoms with Crippen molar-refractivity contribution in [1.82, 2.24) is 9.88 Å². The van der Waals surface area contributed by atoms with Crippen LogP contribution < -0.4 is 9.47 Å². The van der Waals surface area contributed by atoms with Gasteiger partial charge in [0.2, 0.25) is 5.79 Å². The lowest BCUT2D eigenvalue weighted by molar-refractivity contribution is -0.256. The lowest BCUT2D eigenvalue weighted by Crippen LogP contribution is -2.70. The molecular weight excluding hydrogens is 795 g/mol. The van der Waals surface area contributed by atoms with Crippen LogP contribution in [0.25, 0.3) is 10.8 Å². The molecule has 11 nitrogen and oxygen atoms in total. The maximum atomic E-state index is 14.7. The molecule has 336 valence electrons. The van der Waals surface area contributed by atoms with Crippen LogP contribution >= 0.6 is 0 Å². The van der Waals surface area contributed by atoms with Gasteiger partial charge >= 0.3 is 6.09 Å². The highest BCUT2D eigenvalue weighted by Gasteiger charge is 2.65. The van der Waals surface area contributed by atoms with Crippen LogP contribution in [0.3, 0.4) is 0 Å². The van der Waals surface area contributed by atoms with Gasteiger partial charge in [0, 0.05) is 36.8 Å². The minimum absolute atomic E-state index is 0.0599. The number of aliphatic hydroxyl groups excluding tert-OH is 2. The highest BCUT2D eigenvalue weighted by Crippen LogP contribution is 2.62. The number of hydrogen-bond acceptors (Lipinski definition) is 10. The number of carbonyl (C=O) groups is 1. The number of aryl methyl sites for hydroxylation is 1. The summed E-state index contributed by atoms with van der Waals surface area (Å²) in [5.74, 6) is -0.639. The maximum absolute atomic E-state index is 14.7. The number of pyridine rings is 1. The van der Waals surface area contributed by atoms with Gasteiger partial charge in [0.1, 0.15) is 29.7 Å². The summed E-state index contributed by atoms with van der Waals surface area (Å²) in [7, 11) is 0. The van der Waals surface area contributed by atoms with Gasteiger partial charge in [-0.15, -0.1) is 6.58 Å². The van der Waals surface area contributed by atoms with Crippen molar-refractivity contribution in [3.8, 4) is 11.5 Å². The second-order valence-electron chi connectivity index (χ2n) is 18.0. The molecule has 0 radical (unpaired) electrons. The number of benzene rings is 3. The maximum Gasteiger partial charge on any atom is 0.410 e. The van der Waals surface area contributed by atoms with E-state index in [-0.39, 0.29) is 57.1 Å². The third kappa shape index (κ3) is 10.3. The van der Waals surface area contributed by atoms with Crippen LogP contribution in [-0.4, -0.2) is 75.8 Å². The zero-order valence-electron chi connectivity index (χ0n) is 37.6. The van der Waals surface area contributed by atoms with E-state index >= 15 is 0 Å². The fourth-order valence-electron chi connectivity index (χ4n) is 9.89. The van der Waals surface area contributed by atoms with Crippen molar-refractivity contribution in [1.29, 1.82) is 0 Å². The molecule has 4 aromatic rings. The molecule has 0 saturated heterocycles. The van der Waals surface area contributed by atoms with E-state index in [4.69, 9.17) is 28.9 Å². The summed E-state index contributed by atoms with van der Waals surface area (Å²) >= 11 is 0. The van der Waals surface area contributed by atoms with Gasteiger partial charge in [-0.1, -0.05) is 78.7 Å². The van der Waals surface area contributed by atoms with Crippen LogP contribution in [0, 0.1) is 24.7 Å². The number of nitrogens with zero attached hydrogens (tertiary/aromatic N) is 3. The van der Waals surface area contributed by atoms with Gasteiger partial charge in [0.05, 0.1) is 37.1 Å². The fourth-order valence-corrected chi connectivity index (χ4v) is 9.89. The van der Waals surface area contributed by atoms with E-state index in [1.807, 2.05) is 83.1 Å². The molecule has 11 heteroatoms. The van der Waals surface area contributed by atoms with Crippen LogP contribution in [0.1, 0.15) is 101 Å². The number of ether oxygens (including phenoxy) is 4. The number of amides is 1. The van der Waals surface area contributed by atoms with Crippen LogP contribution in [0.15, 0.2) is 108 Å². The van der Waals surface area contributed by atoms with E-state index in [1.54, 1.807) is 11.0 Å². The normalized spacial score (nSPS) is 23.3. The molecule has 2 heterocycles. The van der Waals surface area contributed by atoms with Gasteiger partial charge in [0.15, 0.2) is 0 Å². The van der Waals surface area contributed by atoms with E-state index in [0.717, 1.165) is 70.3 Å². The molecule has 0 spiro atoms. The van der Waals surface area contributed by atoms with E-state index < -0.39 is 29.4 Å². The highest BCUT2D eigenvalue weighted by atomic mass is 16.7. The summed E-state index contributed by atoms with van der Waals surface area (Å²) in [6.07, 6.45) is 8.50. The molecule has 0 bridgehead atoms. The third-order valence-electron chi connectivity index (χ3n) is 12.5. The zero-order chi connectivity index (χ0) is 44.6. The molecule has 2 aliphatic carbocycles. The molecule has 7 rings (SSSR count). The largest absolute Gasteiger partial charge is 0.487 e. The first-order chi connectivity index (χ1) is 30.5. The van der Waals surface area contributed by atoms with Crippen LogP contribution in [0.4, 0.5) is 4.79 Å². The number of hydrogen-bond donors (Lipinski definition) is 2. The Morgan fingerprint density at radius 2 is 1.76 bits per heavy atom. The molecule has 1 amide bonds. The number of carbonyl (C=O) groups excluding carboxylic acids is 1. The Labute approximate surface area is 372 Å². The van der Waals surface area contributed by atoms with Crippen molar-refractivity contribution in [2.45, 2.75) is 116 Å². The Bertz CT molecular complexity index is 2260. The fraction of sp³-hybridized carbons (Fsp3) is 0.481. The summed E-state index contributed by atoms with van der Waals surface area (Å²) < 4.78 is 27.0. The average Bonchev–Trinajstić information content (AvgIpc) is 3.27. The first kappa shape index (κ1) is 45.8. The number of aliphatic hydroxyl groups is 2. The minimum Gasteiger partial charge on any atom is -0.487 e. The summed E-state index contributed by atoms with van der Waals surface area (Å²) in [5.41, 5.74) is 4.77. The topological polar surface area (TPSA) is 132 Å². The molecule has 2 N–H and O–H groups in total.